The third kappa shape index (κ3) is 4.32. The zero-order valence-electron chi connectivity index (χ0n) is 11.2. The fourth-order valence-electron chi connectivity index (χ4n) is 2.35. The Morgan fingerprint density at radius 2 is 2.26 bits per heavy atom. The van der Waals surface area contributed by atoms with Gasteiger partial charge in [-0.15, -0.1) is 0 Å². The summed E-state index contributed by atoms with van der Waals surface area (Å²) in [5, 5.41) is 12.1. The van der Waals surface area contributed by atoms with E-state index in [-0.39, 0.29) is 18.6 Å². The molecule has 1 aromatic rings. The van der Waals surface area contributed by atoms with E-state index in [1.165, 1.54) is 12.8 Å². The normalized spacial score (nSPS) is 16.2. The number of amides is 1. The third-order valence-corrected chi connectivity index (χ3v) is 4.13. The molecule has 1 atom stereocenters. The van der Waals surface area contributed by atoms with Crippen molar-refractivity contribution in [2.45, 2.75) is 38.6 Å². The number of halogens is 1. The minimum absolute atomic E-state index is 0.0516. The summed E-state index contributed by atoms with van der Waals surface area (Å²) < 4.78 is 1.03. The highest BCUT2D eigenvalue weighted by Crippen LogP contribution is 2.33. The van der Waals surface area contributed by atoms with Crippen molar-refractivity contribution in [3.8, 4) is 0 Å². The minimum Gasteiger partial charge on any atom is -0.396 e. The van der Waals surface area contributed by atoms with Crippen molar-refractivity contribution in [1.82, 2.24) is 5.32 Å². The smallest absolute Gasteiger partial charge is 0.224 e. The lowest BCUT2D eigenvalue weighted by Crippen LogP contribution is -2.38. The molecule has 0 heterocycles. The lowest BCUT2D eigenvalue weighted by Gasteiger charge is -2.17. The summed E-state index contributed by atoms with van der Waals surface area (Å²) in [5.74, 6) is 0.623. The molecule has 104 valence electrons. The molecule has 2 rings (SSSR count). The molecule has 4 heteroatoms. The van der Waals surface area contributed by atoms with Crippen molar-refractivity contribution in [2.24, 2.45) is 5.92 Å². The first-order valence-electron chi connectivity index (χ1n) is 6.75. The average molecular weight is 326 g/mol. The maximum atomic E-state index is 12.1. The maximum Gasteiger partial charge on any atom is 0.224 e. The second kappa shape index (κ2) is 6.53. The van der Waals surface area contributed by atoms with Crippen LogP contribution in [0.4, 0.5) is 0 Å². The predicted molar refractivity (Wildman–Crippen MR) is 78.9 cm³/mol. The van der Waals surface area contributed by atoms with Crippen LogP contribution in [0, 0.1) is 12.8 Å². The van der Waals surface area contributed by atoms with Crippen LogP contribution >= 0.6 is 15.9 Å². The molecule has 1 fully saturated rings. The second-order valence-corrected chi connectivity index (χ2v) is 6.19. The highest BCUT2D eigenvalue weighted by Gasteiger charge is 2.31. The summed E-state index contributed by atoms with van der Waals surface area (Å²) in [7, 11) is 0. The first-order valence-corrected chi connectivity index (χ1v) is 7.54. The van der Waals surface area contributed by atoms with E-state index in [1.54, 1.807) is 0 Å². The van der Waals surface area contributed by atoms with E-state index in [4.69, 9.17) is 5.11 Å². The first-order chi connectivity index (χ1) is 9.10. The van der Waals surface area contributed by atoms with Gasteiger partial charge in [0.25, 0.3) is 0 Å². The molecule has 1 amide bonds. The van der Waals surface area contributed by atoms with Crippen LogP contribution in [0.3, 0.4) is 0 Å². The Bertz CT molecular complexity index is 457. The van der Waals surface area contributed by atoms with Crippen LogP contribution in [0.15, 0.2) is 22.7 Å². The van der Waals surface area contributed by atoms with E-state index in [0.717, 1.165) is 15.6 Å². The Hall–Kier alpha value is -0.870. The Kier molecular flexibility index (Phi) is 4.99. The molecular formula is C15H20BrNO2. The van der Waals surface area contributed by atoms with Crippen LogP contribution in [0.2, 0.25) is 0 Å². The van der Waals surface area contributed by atoms with E-state index < -0.39 is 0 Å². The number of carbonyl (C=O) groups is 1. The molecule has 1 saturated carbocycles. The molecule has 1 unspecified atom stereocenters. The molecule has 1 aliphatic rings. The highest BCUT2D eigenvalue weighted by atomic mass is 79.9. The summed E-state index contributed by atoms with van der Waals surface area (Å²) in [5.41, 5.74) is 2.17. The summed E-state index contributed by atoms with van der Waals surface area (Å²) in [6.45, 7) is 2.15. The van der Waals surface area contributed by atoms with Gasteiger partial charge in [0.15, 0.2) is 0 Å². The van der Waals surface area contributed by atoms with Crippen molar-refractivity contribution in [2.75, 3.05) is 6.61 Å². The molecule has 19 heavy (non-hydrogen) atoms. The van der Waals surface area contributed by atoms with E-state index in [1.807, 2.05) is 25.1 Å². The van der Waals surface area contributed by atoms with E-state index in [9.17, 15) is 4.79 Å². The van der Waals surface area contributed by atoms with Crippen LogP contribution in [-0.4, -0.2) is 23.7 Å². The van der Waals surface area contributed by atoms with Gasteiger partial charge in [-0.1, -0.05) is 22.0 Å². The molecule has 0 bridgehead atoms. The van der Waals surface area contributed by atoms with Gasteiger partial charge in [-0.25, -0.2) is 0 Å². The maximum absolute atomic E-state index is 12.1. The fourth-order valence-corrected chi connectivity index (χ4v) is 2.83. The van der Waals surface area contributed by atoms with E-state index in [0.29, 0.717) is 18.8 Å². The highest BCUT2D eigenvalue weighted by molar-refractivity contribution is 9.10. The quantitative estimate of drug-likeness (QED) is 0.844. The number of rotatable bonds is 6. The van der Waals surface area contributed by atoms with Gasteiger partial charge in [0.1, 0.15) is 0 Å². The van der Waals surface area contributed by atoms with Gasteiger partial charge in [-0.3, -0.25) is 4.79 Å². The van der Waals surface area contributed by atoms with Crippen molar-refractivity contribution in [3.05, 3.63) is 33.8 Å². The van der Waals surface area contributed by atoms with Gasteiger partial charge >= 0.3 is 0 Å². The van der Waals surface area contributed by atoms with Crippen molar-refractivity contribution >= 4 is 21.8 Å². The van der Waals surface area contributed by atoms with Crippen LogP contribution in [-0.2, 0) is 11.2 Å². The average Bonchev–Trinajstić information content (AvgIpc) is 3.16. The number of carbonyl (C=O) groups excluding carboxylic acids is 1. The Morgan fingerprint density at radius 1 is 1.53 bits per heavy atom. The number of nitrogens with one attached hydrogen (secondary N) is 1. The molecular weight excluding hydrogens is 306 g/mol. The Morgan fingerprint density at radius 3 is 2.84 bits per heavy atom. The van der Waals surface area contributed by atoms with Crippen LogP contribution in [0.25, 0.3) is 0 Å². The summed E-state index contributed by atoms with van der Waals surface area (Å²) in [6.07, 6.45) is 3.41. The number of aryl methyl sites for hydroxylation is 1. The summed E-state index contributed by atoms with van der Waals surface area (Å²) in [4.78, 5) is 12.1. The third-order valence-electron chi connectivity index (χ3n) is 3.63. The van der Waals surface area contributed by atoms with E-state index in [2.05, 4.69) is 21.2 Å². The van der Waals surface area contributed by atoms with Crippen LogP contribution in [0.1, 0.15) is 30.4 Å². The fraction of sp³-hybridized carbons (Fsp3) is 0.533. The number of hydrogen-bond donors (Lipinski definition) is 2. The van der Waals surface area contributed by atoms with Crippen molar-refractivity contribution in [3.63, 3.8) is 0 Å². The molecule has 3 nitrogen and oxygen atoms in total. The molecule has 1 aliphatic carbocycles. The van der Waals surface area contributed by atoms with Crippen LogP contribution in [0.5, 0.6) is 0 Å². The van der Waals surface area contributed by atoms with Gasteiger partial charge < -0.3 is 10.4 Å². The number of aliphatic hydroxyl groups is 1. The number of benzene rings is 1. The lowest BCUT2D eigenvalue weighted by molar-refractivity contribution is -0.121. The second-order valence-electron chi connectivity index (χ2n) is 5.27. The zero-order valence-corrected chi connectivity index (χ0v) is 12.7. The molecule has 2 N–H and O–H groups in total. The molecule has 0 saturated heterocycles. The topological polar surface area (TPSA) is 49.3 Å². The Labute approximate surface area is 122 Å². The molecule has 0 spiro atoms. The molecule has 1 aromatic carbocycles. The van der Waals surface area contributed by atoms with Crippen LogP contribution < -0.4 is 5.32 Å². The molecule has 0 aliphatic heterocycles. The summed E-state index contributed by atoms with van der Waals surface area (Å²) >= 11 is 3.42. The van der Waals surface area contributed by atoms with Gasteiger partial charge in [0, 0.05) is 17.1 Å². The van der Waals surface area contributed by atoms with Gasteiger partial charge in [-0.05, 0) is 55.4 Å². The SMILES string of the molecule is Cc1cc(Br)ccc1CC(=O)NC(CCO)C1CC1. The largest absolute Gasteiger partial charge is 0.396 e. The molecule has 0 radical (unpaired) electrons. The monoisotopic (exact) mass is 325 g/mol. The van der Waals surface area contributed by atoms with Gasteiger partial charge in [0.05, 0.1) is 6.42 Å². The predicted octanol–water partition coefficient (Wildman–Crippen LogP) is 2.58. The number of aliphatic hydroxyl groups excluding tert-OH is 1. The van der Waals surface area contributed by atoms with Gasteiger partial charge in [0.2, 0.25) is 5.91 Å². The van der Waals surface area contributed by atoms with Gasteiger partial charge in [-0.2, -0.15) is 0 Å². The van der Waals surface area contributed by atoms with E-state index >= 15 is 0 Å². The number of hydrogen-bond acceptors (Lipinski definition) is 2. The van der Waals surface area contributed by atoms with Crippen molar-refractivity contribution in [1.29, 1.82) is 0 Å². The Balaban J connectivity index is 1.92. The first kappa shape index (κ1) is 14.5. The standard InChI is InChI=1S/C15H20BrNO2/c1-10-8-13(16)5-4-12(10)9-15(19)17-14(6-7-18)11-2-3-11/h4-5,8,11,14,18H,2-3,6-7,9H2,1H3,(H,17,19). The zero-order chi connectivity index (χ0) is 13.8. The molecule has 0 aromatic heterocycles. The summed E-state index contributed by atoms with van der Waals surface area (Å²) in [6, 6.07) is 6.11. The van der Waals surface area contributed by atoms with Crippen molar-refractivity contribution < 1.29 is 9.90 Å². The minimum atomic E-state index is 0.0516. The lowest BCUT2D eigenvalue weighted by atomic mass is 10.0.